The van der Waals surface area contributed by atoms with Gasteiger partial charge in [-0.2, -0.15) is 0 Å². The summed E-state index contributed by atoms with van der Waals surface area (Å²) in [6.45, 7) is 6.43. The van der Waals surface area contributed by atoms with Crippen LogP contribution in [0, 0.1) is 12.1 Å². The Morgan fingerprint density at radius 2 is 1.41 bits per heavy atom. The topological polar surface area (TPSA) is 57.4 Å². The molecule has 0 unspecified atom stereocenters. The van der Waals surface area contributed by atoms with Gasteiger partial charge in [-0.25, -0.2) is 0 Å². The molecule has 0 spiro atoms. The molecular weight excluding hydrogens is 690 g/mol. The van der Waals surface area contributed by atoms with Gasteiger partial charge < -0.3 is 18.9 Å². The minimum Gasteiger partial charge on any atom is -0.503 e. The standard InChI is InChI=1S/C34H23BN2O3.Pt/c1-34(2,3)22-15-16-36-26(19-22)20-11-13-27-23(17-20)35-24-18-21(33-37-25-7-4-5-8-29(25)40-33)12-14-28(24)39-31-10-6-9-30(38-27)32(31)35;/h4-16,19H,1-3H3;/q-2;+2. The van der Waals surface area contributed by atoms with E-state index in [4.69, 9.17) is 23.9 Å². The Kier molecular flexibility index (Phi) is 5.95. The van der Waals surface area contributed by atoms with Gasteiger partial charge in [-0.1, -0.05) is 50.6 Å². The van der Waals surface area contributed by atoms with Crippen LogP contribution >= 0.6 is 0 Å². The maximum Gasteiger partial charge on any atom is 2.00 e. The van der Waals surface area contributed by atoms with Crippen molar-refractivity contribution in [2.45, 2.75) is 26.2 Å². The third kappa shape index (κ3) is 4.20. The molecule has 0 bridgehead atoms. The van der Waals surface area contributed by atoms with Gasteiger partial charge >= 0.3 is 21.1 Å². The van der Waals surface area contributed by atoms with Crippen molar-refractivity contribution < 1.29 is 35.0 Å². The first-order valence-corrected chi connectivity index (χ1v) is 13.4. The molecule has 0 saturated heterocycles. The predicted molar refractivity (Wildman–Crippen MR) is 157 cm³/mol. The van der Waals surface area contributed by atoms with E-state index in [0.29, 0.717) is 5.89 Å². The van der Waals surface area contributed by atoms with Crippen LogP contribution in [0.4, 0.5) is 0 Å². The molecule has 0 amide bonds. The second-order valence-electron chi connectivity index (χ2n) is 11.3. The molecule has 7 heteroatoms. The van der Waals surface area contributed by atoms with Gasteiger partial charge in [0.2, 0.25) is 6.71 Å². The molecule has 41 heavy (non-hydrogen) atoms. The van der Waals surface area contributed by atoms with Crippen LogP contribution in [0.15, 0.2) is 89.5 Å². The number of hydrogen-bond acceptors (Lipinski definition) is 5. The van der Waals surface area contributed by atoms with Crippen LogP contribution in [0.25, 0.3) is 33.8 Å². The fourth-order valence-corrected chi connectivity index (χ4v) is 5.56. The summed E-state index contributed by atoms with van der Waals surface area (Å²) >= 11 is 0. The zero-order valence-corrected chi connectivity index (χ0v) is 24.9. The minimum absolute atomic E-state index is 0. The largest absolute Gasteiger partial charge is 2.00 e. The summed E-state index contributed by atoms with van der Waals surface area (Å²) in [5.74, 6) is 3.58. The summed E-state index contributed by atoms with van der Waals surface area (Å²) in [5, 5.41) is 0. The maximum atomic E-state index is 6.39. The fraction of sp³-hybridized carbons (Fsp3) is 0.118. The van der Waals surface area contributed by atoms with E-state index in [1.807, 2.05) is 72.9 Å². The SMILES string of the molecule is CC(C)(C)c1ccnc(-c2[c-]c3c(cc2)Oc2cccc4c2B3c2[c-]c(-c3nc5ccccc5o3)ccc2O4)c1.[Pt+2]. The van der Waals surface area contributed by atoms with Crippen LogP contribution in [0.1, 0.15) is 26.3 Å². The quantitative estimate of drug-likeness (QED) is 0.158. The van der Waals surface area contributed by atoms with Gasteiger partial charge in [0.25, 0.3) is 0 Å². The Bertz CT molecular complexity index is 1930. The Morgan fingerprint density at radius 3 is 2.12 bits per heavy atom. The van der Waals surface area contributed by atoms with E-state index < -0.39 is 0 Å². The minimum atomic E-state index is -0.186. The van der Waals surface area contributed by atoms with Crippen LogP contribution in [0.2, 0.25) is 0 Å². The van der Waals surface area contributed by atoms with Crippen molar-refractivity contribution in [1.29, 1.82) is 0 Å². The summed E-state index contributed by atoms with van der Waals surface area (Å²) < 4.78 is 18.8. The molecule has 2 aliphatic rings. The second-order valence-corrected chi connectivity index (χ2v) is 11.3. The molecule has 0 N–H and O–H groups in total. The van der Waals surface area contributed by atoms with Gasteiger partial charge in [-0.05, 0) is 47.0 Å². The van der Waals surface area contributed by atoms with Gasteiger partial charge in [0, 0.05) is 23.2 Å². The normalized spacial score (nSPS) is 12.9. The fourth-order valence-electron chi connectivity index (χ4n) is 5.56. The van der Waals surface area contributed by atoms with E-state index in [1.54, 1.807) is 0 Å². The molecule has 0 fully saturated rings. The molecule has 0 saturated carbocycles. The Balaban J connectivity index is 0.00000276. The summed E-state index contributed by atoms with van der Waals surface area (Å²) in [4.78, 5) is 9.40. The number of aromatic nitrogens is 2. The van der Waals surface area contributed by atoms with Crippen LogP contribution in [0.5, 0.6) is 23.0 Å². The Morgan fingerprint density at radius 1 is 0.732 bits per heavy atom. The van der Waals surface area contributed by atoms with E-state index in [9.17, 15) is 0 Å². The smallest absolute Gasteiger partial charge is 0.503 e. The maximum absolute atomic E-state index is 6.39. The van der Waals surface area contributed by atoms with Crippen molar-refractivity contribution in [2.24, 2.45) is 0 Å². The number of hydrogen-bond donors (Lipinski definition) is 0. The number of nitrogens with zero attached hydrogens (tertiary/aromatic N) is 2. The second kappa shape index (κ2) is 9.46. The number of para-hydroxylation sites is 2. The van der Waals surface area contributed by atoms with Crippen molar-refractivity contribution in [2.75, 3.05) is 0 Å². The predicted octanol–water partition coefficient (Wildman–Crippen LogP) is 6.18. The zero-order chi connectivity index (χ0) is 27.0. The molecule has 2 aromatic heterocycles. The first kappa shape index (κ1) is 25.8. The number of oxazole rings is 1. The Hall–Kier alpha value is -4.15. The third-order valence-corrected chi connectivity index (χ3v) is 7.63. The van der Waals surface area contributed by atoms with E-state index in [1.165, 1.54) is 5.56 Å². The van der Waals surface area contributed by atoms with Crippen molar-refractivity contribution in [3.05, 3.63) is 103 Å². The number of rotatable bonds is 2. The van der Waals surface area contributed by atoms with Crippen LogP contribution in [0.3, 0.4) is 0 Å². The van der Waals surface area contributed by atoms with E-state index >= 15 is 0 Å². The number of fused-ring (bicyclic) bond motifs is 5. The molecule has 0 atom stereocenters. The number of pyridine rings is 1. The summed E-state index contributed by atoms with van der Waals surface area (Å²) in [6.07, 6.45) is 1.87. The number of ether oxygens (including phenoxy) is 2. The third-order valence-electron chi connectivity index (χ3n) is 7.63. The van der Waals surface area contributed by atoms with Gasteiger partial charge in [0.1, 0.15) is 23.0 Å². The average Bonchev–Trinajstić information content (AvgIpc) is 3.41. The molecule has 8 rings (SSSR count). The Labute approximate surface area is 252 Å². The van der Waals surface area contributed by atoms with E-state index in [2.05, 4.69) is 45.0 Å². The summed E-state index contributed by atoms with van der Waals surface area (Å²) in [5.41, 5.74) is 8.15. The van der Waals surface area contributed by atoms with Crippen molar-refractivity contribution in [3.63, 3.8) is 0 Å². The van der Waals surface area contributed by atoms with Gasteiger partial charge in [-0.15, -0.1) is 52.9 Å². The molecule has 6 aromatic rings. The molecule has 4 aromatic carbocycles. The zero-order valence-electron chi connectivity index (χ0n) is 22.6. The van der Waals surface area contributed by atoms with Crippen molar-refractivity contribution >= 4 is 34.2 Å². The molecule has 5 nitrogen and oxygen atoms in total. The van der Waals surface area contributed by atoms with Crippen LogP contribution in [-0.2, 0) is 26.5 Å². The van der Waals surface area contributed by atoms with Crippen molar-refractivity contribution in [1.82, 2.24) is 9.97 Å². The molecule has 0 radical (unpaired) electrons. The van der Waals surface area contributed by atoms with Crippen LogP contribution < -0.4 is 25.9 Å². The summed E-state index contributed by atoms with van der Waals surface area (Å²) in [6, 6.07) is 33.2. The van der Waals surface area contributed by atoms with Gasteiger partial charge in [-0.3, -0.25) is 4.98 Å². The molecule has 2 aliphatic heterocycles. The first-order chi connectivity index (χ1) is 19.4. The molecular formula is C34H23BN2O3Pt. The van der Waals surface area contributed by atoms with Gasteiger partial charge in [0.15, 0.2) is 0 Å². The van der Waals surface area contributed by atoms with E-state index in [-0.39, 0.29) is 33.2 Å². The molecule has 200 valence electrons. The monoisotopic (exact) mass is 713 g/mol. The first-order valence-electron chi connectivity index (χ1n) is 13.4. The number of benzene rings is 4. The summed E-state index contributed by atoms with van der Waals surface area (Å²) in [7, 11) is 0. The molecule has 4 heterocycles. The van der Waals surface area contributed by atoms with Crippen molar-refractivity contribution in [3.8, 4) is 45.7 Å². The average molecular weight is 713 g/mol. The van der Waals surface area contributed by atoms with Crippen LogP contribution in [-0.4, -0.2) is 16.7 Å². The van der Waals surface area contributed by atoms with E-state index in [0.717, 1.165) is 67.3 Å². The van der Waals surface area contributed by atoms with Gasteiger partial charge in [0.05, 0.1) is 5.52 Å². The molecule has 0 aliphatic carbocycles.